The predicted molar refractivity (Wildman–Crippen MR) is 364 cm³/mol. The summed E-state index contributed by atoms with van der Waals surface area (Å²) in [6.07, 6.45) is -3.31. The first-order valence-corrected chi connectivity index (χ1v) is 34.6. The molecule has 0 radical (unpaired) electrons. The van der Waals surface area contributed by atoms with Gasteiger partial charge in [0.25, 0.3) is 11.8 Å². The van der Waals surface area contributed by atoms with Crippen LogP contribution in [0.1, 0.15) is 58.2 Å². The molecule has 7 aromatic rings. The molecule has 0 aliphatic carbocycles. The van der Waals surface area contributed by atoms with Crippen molar-refractivity contribution in [1.82, 2.24) is 30.3 Å². The summed E-state index contributed by atoms with van der Waals surface area (Å²) in [5.74, 6) is -3.83. The van der Waals surface area contributed by atoms with Gasteiger partial charge < -0.3 is 41.6 Å². The second-order valence-corrected chi connectivity index (χ2v) is 27.2. The number of nitrogens with one attached hydrogen (secondary N) is 5. The molecule has 0 aromatic heterocycles. The number of benzene rings is 7. The van der Waals surface area contributed by atoms with Gasteiger partial charge in [0.1, 0.15) is 35.8 Å². The van der Waals surface area contributed by atoms with Crippen LogP contribution in [-0.4, -0.2) is 152 Å². The molecule has 0 saturated carbocycles. The number of halogens is 3. The van der Waals surface area contributed by atoms with Gasteiger partial charge in [-0.05, 0) is 100 Å². The van der Waals surface area contributed by atoms with Crippen molar-refractivity contribution in [2.45, 2.75) is 58.7 Å². The van der Waals surface area contributed by atoms with Gasteiger partial charge >= 0.3 is 18.3 Å². The van der Waals surface area contributed by atoms with Crippen molar-refractivity contribution >= 4 is 84.9 Å². The minimum Gasteiger partial charge on any atom is -0.442 e. The molecule has 3 saturated heterocycles. The quantitative estimate of drug-likeness (QED) is 0.0254. The zero-order valence-electron chi connectivity index (χ0n) is 54.4. The van der Waals surface area contributed by atoms with Gasteiger partial charge in [0.2, 0.25) is 37.8 Å². The number of cyclic esters (lactones) is 3. The molecule has 31 heteroatoms. The number of ether oxygens (including phenoxy) is 3. The Kier molecular flexibility index (Phi) is 24.2. The van der Waals surface area contributed by atoms with E-state index in [0.29, 0.717) is 51.4 Å². The number of hydrogen-bond donors (Lipinski definition) is 7. The molecule has 0 bridgehead atoms. The van der Waals surface area contributed by atoms with Crippen LogP contribution in [0.2, 0.25) is 0 Å². The van der Waals surface area contributed by atoms with Gasteiger partial charge in [-0.25, -0.2) is 53.8 Å². The molecule has 26 nitrogen and oxygen atoms in total. The summed E-state index contributed by atoms with van der Waals surface area (Å²) in [5, 5.41) is 7.78. The van der Waals surface area contributed by atoms with E-state index in [-0.39, 0.29) is 106 Å². The second-order valence-electron chi connectivity index (χ2n) is 23.3. The maximum Gasteiger partial charge on any atom is 0.414 e. The average Bonchev–Trinajstić information content (AvgIpc) is 1.61. The Bertz CT molecular complexity index is 4430. The number of imide groups is 1. The normalized spacial score (nSPS) is 16.4. The lowest BCUT2D eigenvalue weighted by molar-refractivity contribution is -0.120. The zero-order chi connectivity index (χ0) is 72.0. The Labute approximate surface area is 574 Å². The molecule has 7 aromatic carbocycles. The van der Waals surface area contributed by atoms with E-state index in [0.717, 1.165) is 21.6 Å². The van der Waals surface area contributed by atoms with E-state index in [2.05, 4.69) is 25.4 Å². The van der Waals surface area contributed by atoms with Gasteiger partial charge in [0.15, 0.2) is 0 Å². The number of nitrogens with two attached hydrogens (primary N) is 2. The molecule has 100 heavy (non-hydrogen) atoms. The topological polar surface area (TPSA) is 358 Å². The van der Waals surface area contributed by atoms with E-state index >= 15 is 4.39 Å². The summed E-state index contributed by atoms with van der Waals surface area (Å²) in [6, 6.07) is 40.5. The summed E-state index contributed by atoms with van der Waals surface area (Å²) < 4.78 is 114. The Morgan fingerprint density at radius 1 is 0.450 bits per heavy atom. The molecule has 3 atom stereocenters. The monoisotopic (exact) mass is 1420 g/mol. The maximum absolute atomic E-state index is 15.0. The molecule has 526 valence electrons. The Balaban J connectivity index is 0.000000181. The van der Waals surface area contributed by atoms with Crippen molar-refractivity contribution in [3.05, 3.63) is 197 Å². The van der Waals surface area contributed by atoms with Crippen molar-refractivity contribution in [2.75, 3.05) is 78.6 Å². The Morgan fingerprint density at radius 3 is 1.07 bits per heavy atom. The predicted octanol–water partition coefficient (Wildman–Crippen LogP) is 6.41. The van der Waals surface area contributed by atoms with E-state index in [1.807, 2.05) is 24.3 Å². The van der Waals surface area contributed by atoms with Crippen LogP contribution in [0.15, 0.2) is 152 Å². The van der Waals surface area contributed by atoms with E-state index in [9.17, 15) is 64.0 Å². The SMILES string of the molecule is CC(=O)NC[C@H]1CN(c2ccc(-c3ccc(CN)cc3)c(F)c2)C(=O)O1.CC(=O)NC[C@H]1CN(c2ccc(-c3ccc(CNS(=O)(=O)CCN)cc3)c(F)c2)C(=O)O1.CC(=O)NC[C@H]1CN(c2ccc(-c3ccc(CNS(=O)(=O)CCN4C(=O)c5ccccc5C4=O)cc3)c(F)c2)C(=O)O1. The van der Waals surface area contributed by atoms with Gasteiger partial charge in [-0.1, -0.05) is 84.9 Å². The van der Waals surface area contributed by atoms with E-state index in [1.54, 1.807) is 91.0 Å². The van der Waals surface area contributed by atoms with Gasteiger partial charge in [-0.2, -0.15) is 0 Å². The fourth-order valence-corrected chi connectivity index (χ4v) is 12.6. The lowest BCUT2D eigenvalue weighted by Gasteiger charge is -2.15. The van der Waals surface area contributed by atoms with E-state index in [4.69, 9.17) is 25.7 Å². The first-order valence-electron chi connectivity index (χ1n) is 31.3. The number of sulfonamides is 2. The zero-order valence-corrected chi connectivity index (χ0v) is 56.0. The number of nitrogens with zero attached hydrogens (tertiary/aromatic N) is 4. The first kappa shape index (κ1) is 73.7. The van der Waals surface area contributed by atoms with Crippen LogP contribution in [0, 0.1) is 17.5 Å². The molecule has 9 N–H and O–H groups in total. The minimum atomic E-state index is -3.82. The molecule has 4 aliphatic rings. The average molecular weight is 1420 g/mol. The lowest BCUT2D eigenvalue weighted by Crippen LogP contribution is -2.37. The summed E-state index contributed by atoms with van der Waals surface area (Å²) in [4.78, 5) is 99.3. The fraction of sp³-hybridized carbons (Fsp3) is 0.275. The summed E-state index contributed by atoms with van der Waals surface area (Å²) in [5.41, 5.74) is 17.7. The highest BCUT2D eigenvalue weighted by Crippen LogP contribution is 2.33. The maximum atomic E-state index is 15.0. The number of anilines is 3. The number of fused-ring (bicyclic) bond motifs is 1. The number of carbonyl (C=O) groups is 8. The molecule has 4 heterocycles. The smallest absolute Gasteiger partial charge is 0.414 e. The van der Waals surface area contributed by atoms with Crippen LogP contribution in [0.5, 0.6) is 0 Å². The van der Waals surface area contributed by atoms with Gasteiger partial charge in [-0.15, -0.1) is 0 Å². The van der Waals surface area contributed by atoms with E-state index in [1.165, 1.54) is 71.9 Å². The van der Waals surface area contributed by atoms with Crippen LogP contribution in [0.4, 0.5) is 44.6 Å². The van der Waals surface area contributed by atoms with Crippen LogP contribution in [-0.2, 0) is 68.3 Å². The number of amides is 8. The van der Waals surface area contributed by atoms with Crippen molar-refractivity contribution < 1.29 is 82.6 Å². The highest BCUT2D eigenvalue weighted by molar-refractivity contribution is 7.89. The molecular formula is C69H72F3N11O15S2. The standard InChI is InChI=1S/C29H27FN4O7S.C21H25FN4O5S.C19H20FN3O3/c1-18(35)31-16-22-17-34(29(38)41-22)21-10-11-23(26(30)14-21)20-8-6-19(7-9-20)15-32-42(39,40)13-12-33-27(36)24-4-2-3-5-25(24)28(33)37;1-14(27)24-12-18-13-26(21(28)31-18)17-6-7-19(20(22)10-17)16-4-2-15(3-5-16)11-25-32(29,30)9-8-23;1-12(24)22-10-16-11-23(19(25)26-16)15-6-7-17(18(20)8-15)14-4-2-13(9-21)3-5-14/h2-11,14,22,32H,12-13,15-17H2,1H3,(H,31,35);2-7,10,18,25H,8-9,11-13,23H2,1H3,(H,24,27);2-8,16H,9-11,21H2,1H3,(H,22,24)/t22-;18-;16-/m000/s1. The Hall–Kier alpha value is -10.6. The minimum absolute atomic E-state index is 0.0364. The number of carbonyl (C=O) groups excluding carboxylic acids is 8. The van der Waals surface area contributed by atoms with Crippen LogP contribution in [0.3, 0.4) is 0 Å². The van der Waals surface area contributed by atoms with E-state index < -0.39 is 91.7 Å². The first-order chi connectivity index (χ1) is 47.7. The number of rotatable bonds is 24. The number of hydrogen-bond acceptors (Lipinski definition) is 17. The molecule has 0 unspecified atom stereocenters. The lowest BCUT2D eigenvalue weighted by atomic mass is 10.0. The summed E-state index contributed by atoms with van der Waals surface area (Å²) in [7, 11) is -7.25. The summed E-state index contributed by atoms with van der Waals surface area (Å²) >= 11 is 0. The molecule has 3 fully saturated rings. The third-order valence-corrected chi connectivity index (χ3v) is 18.7. The fourth-order valence-electron chi connectivity index (χ4n) is 10.8. The molecular weight excluding hydrogens is 1340 g/mol. The summed E-state index contributed by atoms with van der Waals surface area (Å²) in [6.45, 7) is 5.58. The second kappa shape index (κ2) is 32.9. The van der Waals surface area contributed by atoms with Crippen LogP contribution >= 0.6 is 0 Å². The van der Waals surface area contributed by atoms with Crippen molar-refractivity contribution in [3.8, 4) is 33.4 Å². The largest absolute Gasteiger partial charge is 0.442 e. The van der Waals surface area contributed by atoms with Gasteiger partial charge in [0, 0.05) is 70.2 Å². The van der Waals surface area contributed by atoms with Crippen molar-refractivity contribution in [2.24, 2.45) is 11.5 Å². The van der Waals surface area contributed by atoms with Gasteiger partial charge in [-0.3, -0.25) is 43.6 Å². The van der Waals surface area contributed by atoms with Crippen molar-refractivity contribution in [3.63, 3.8) is 0 Å². The van der Waals surface area contributed by atoms with Crippen molar-refractivity contribution in [1.29, 1.82) is 0 Å². The molecule has 4 aliphatic heterocycles. The van der Waals surface area contributed by atoms with Crippen LogP contribution < -0.4 is 51.6 Å². The third-order valence-electron chi connectivity index (χ3n) is 16.0. The molecule has 8 amide bonds. The Morgan fingerprint density at radius 2 is 0.770 bits per heavy atom. The highest BCUT2D eigenvalue weighted by atomic mass is 32.2. The third kappa shape index (κ3) is 19.2. The molecule has 11 rings (SSSR count). The van der Waals surface area contributed by atoms with Crippen LogP contribution in [0.25, 0.3) is 33.4 Å². The van der Waals surface area contributed by atoms with Gasteiger partial charge in [0.05, 0.1) is 79.0 Å². The molecule has 0 spiro atoms. The highest BCUT2D eigenvalue weighted by Gasteiger charge is 2.38.